The molecule has 3 aromatic rings. The first-order valence-corrected chi connectivity index (χ1v) is 9.10. The van der Waals surface area contributed by atoms with Gasteiger partial charge >= 0.3 is 0 Å². The molecule has 3 rings (SSSR count). The molecule has 0 saturated heterocycles. The fourth-order valence-electron chi connectivity index (χ4n) is 2.87. The zero-order chi connectivity index (χ0) is 19.4. The minimum absolute atomic E-state index is 0.108. The smallest absolute Gasteiger partial charge is 0.255 e. The van der Waals surface area contributed by atoms with E-state index in [4.69, 9.17) is 4.74 Å². The molecule has 0 spiro atoms. The first-order chi connectivity index (χ1) is 12.9. The number of ether oxygens (including phenoxy) is 1. The van der Waals surface area contributed by atoms with E-state index in [1.807, 2.05) is 62.4 Å². The predicted octanol–water partition coefficient (Wildman–Crippen LogP) is 5.75. The van der Waals surface area contributed by atoms with Gasteiger partial charge in [-0.25, -0.2) is 0 Å². The highest BCUT2D eigenvalue weighted by atomic mass is 16.5. The van der Waals surface area contributed by atoms with Crippen LogP contribution in [-0.4, -0.2) is 5.91 Å². The monoisotopic (exact) mass is 359 g/mol. The molecule has 1 N–H and O–H groups in total. The number of carbonyl (C=O) groups is 1. The van der Waals surface area contributed by atoms with Crippen molar-refractivity contribution in [3.05, 3.63) is 94.0 Å². The Morgan fingerprint density at radius 3 is 2.22 bits per heavy atom. The molecule has 3 nitrogen and oxygen atoms in total. The van der Waals surface area contributed by atoms with Crippen molar-refractivity contribution >= 4 is 11.6 Å². The first-order valence-electron chi connectivity index (χ1n) is 9.10. The fourth-order valence-corrected chi connectivity index (χ4v) is 2.87. The van der Waals surface area contributed by atoms with Gasteiger partial charge < -0.3 is 10.1 Å². The summed E-state index contributed by atoms with van der Waals surface area (Å²) in [5.41, 5.74) is 7.20. The number of hydrogen-bond acceptors (Lipinski definition) is 2. The molecule has 0 bridgehead atoms. The van der Waals surface area contributed by atoms with Crippen LogP contribution < -0.4 is 10.1 Å². The van der Waals surface area contributed by atoms with Crippen LogP contribution in [-0.2, 0) is 6.61 Å². The molecule has 0 aliphatic carbocycles. The van der Waals surface area contributed by atoms with Gasteiger partial charge in [-0.05, 0) is 80.3 Å². The highest BCUT2D eigenvalue weighted by Gasteiger charge is 2.08. The van der Waals surface area contributed by atoms with Crippen LogP contribution in [0, 0.1) is 27.7 Å². The van der Waals surface area contributed by atoms with Gasteiger partial charge in [0.2, 0.25) is 0 Å². The van der Waals surface area contributed by atoms with Crippen LogP contribution in [0.3, 0.4) is 0 Å². The Balaban J connectivity index is 1.62. The minimum atomic E-state index is -0.108. The molecular weight excluding hydrogens is 334 g/mol. The number of hydrogen-bond donors (Lipinski definition) is 1. The number of nitrogens with one attached hydrogen (secondary N) is 1. The average molecular weight is 359 g/mol. The van der Waals surface area contributed by atoms with Crippen molar-refractivity contribution in [3.8, 4) is 5.75 Å². The Labute approximate surface area is 161 Å². The topological polar surface area (TPSA) is 38.3 Å². The Bertz CT molecular complexity index is 959. The first kappa shape index (κ1) is 18.7. The molecule has 0 fully saturated rings. The second-order valence-corrected chi connectivity index (χ2v) is 7.00. The van der Waals surface area contributed by atoms with Crippen LogP contribution in [0.15, 0.2) is 60.7 Å². The summed E-state index contributed by atoms with van der Waals surface area (Å²) in [5, 5.41) is 2.97. The molecule has 0 aliphatic rings. The minimum Gasteiger partial charge on any atom is -0.489 e. The second-order valence-electron chi connectivity index (χ2n) is 7.00. The largest absolute Gasteiger partial charge is 0.489 e. The molecule has 3 aromatic carbocycles. The molecule has 27 heavy (non-hydrogen) atoms. The Morgan fingerprint density at radius 2 is 1.56 bits per heavy atom. The average Bonchev–Trinajstić information content (AvgIpc) is 2.65. The number of anilines is 1. The second kappa shape index (κ2) is 8.09. The molecular formula is C24H25NO2. The molecule has 0 radical (unpaired) electrons. The van der Waals surface area contributed by atoms with Crippen molar-refractivity contribution in [2.24, 2.45) is 0 Å². The molecule has 0 aliphatic heterocycles. The number of benzene rings is 3. The highest BCUT2D eigenvalue weighted by molar-refractivity contribution is 6.04. The van der Waals surface area contributed by atoms with Crippen LogP contribution in [0.2, 0.25) is 0 Å². The quantitative estimate of drug-likeness (QED) is 0.630. The van der Waals surface area contributed by atoms with Crippen LogP contribution in [0.1, 0.15) is 38.2 Å². The predicted molar refractivity (Wildman–Crippen MR) is 111 cm³/mol. The van der Waals surface area contributed by atoms with Crippen LogP contribution >= 0.6 is 0 Å². The van der Waals surface area contributed by atoms with Gasteiger partial charge in [0, 0.05) is 11.3 Å². The van der Waals surface area contributed by atoms with E-state index in [1.165, 1.54) is 16.7 Å². The maximum atomic E-state index is 12.5. The van der Waals surface area contributed by atoms with Crippen molar-refractivity contribution in [1.82, 2.24) is 0 Å². The van der Waals surface area contributed by atoms with Gasteiger partial charge in [-0.3, -0.25) is 4.79 Å². The Kier molecular flexibility index (Phi) is 5.60. The summed E-state index contributed by atoms with van der Waals surface area (Å²) in [4.78, 5) is 12.5. The summed E-state index contributed by atoms with van der Waals surface area (Å²) < 4.78 is 5.85. The third-order valence-electron chi connectivity index (χ3n) is 4.73. The van der Waals surface area contributed by atoms with Crippen LogP contribution in [0.25, 0.3) is 0 Å². The number of carbonyl (C=O) groups excluding carboxylic acids is 1. The Morgan fingerprint density at radius 1 is 0.815 bits per heavy atom. The number of rotatable bonds is 5. The highest BCUT2D eigenvalue weighted by Crippen LogP contribution is 2.19. The maximum absolute atomic E-state index is 12.5. The van der Waals surface area contributed by atoms with Crippen molar-refractivity contribution in [3.63, 3.8) is 0 Å². The van der Waals surface area contributed by atoms with Gasteiger partial charge in [0.05, 0.1) is 0 Å². The van der Waals surface area contributed by atoms with Gasteiger partial charge in [0.15, 0.2) is 0 Å². The van der Waals surface area contributed by atoms with E-state index < -0.39 is 0 Å². The molecule has 0 saturated carbocycles. The van der Waals surface area contributed by atoms with Gasteiger partial charge in [-0.1, -0.05) is 35.9 Å². The van der Waals surface area contributed by atoms with E-state index >= 15 is 0 Å². The van der Waals surface area contributed by atoms with Crippen molar-refractivity contribution < 1.29 is 9.53 Å². The standard InChI is InChI=1S/C24H25NO2/c1-16-5-12-23(19(4)13-16)25-24(26)21-9-7-20(8-10-21)15-27-22-11-6-17(2)18(3)14-22/h5-14H,15H2,1-4H3,(H,25,26). The summed E-state index contributed by atoms with van der Waals surface area (Å²) in [6.07, 6.45) is 0. The molecule has 3 heteroatoms. The number of aryl methyl sites for hydroxylation is 4. The third kappa shape index (κ3) is 4.76. The summed E-state index contributed by atoms with van der Waals surface area (Å²) >= 11 is 0. The third-order valence-corrected chi connectivity index (χ3v) is 4.73. The lowest BCUT2D eigenvalue weighted by molar-refractivity contribution is 0.102. The van der Waals surface area contributed by atoms with Gasteiger partial charge in [-0.15, -0.1) is 0 Å². The van der Waals surface area contributed by atoms with E-state index in [9.17, 15) is 4.79 Å². The maximum Gasteiger partial charge on any atom is 0.255 e. The van der Waals surface area contributed by atoms with Crippen LogP contribution in [0.4, 0.5) is 5.69 Å². The van der Waals surface area contributed by atoms with Gasteiger partial charge in [0.25, 0.3) is 5.91 Å². The normalized spacial score (nSPS) is 10.5. The van der Waals surface area contributed by atoms with E-state index in [2.05, 4.69) is 31.3 Å². The van der Waals surface area contributed by atoms with Crippen LogP contribution in [0.5, 0.6) is 5.75 Å². The zero-order valence-corrected chi connectivity index (χ0v) is 16.3. The lowest BCUT2D eigenvalue weighted by atomic mass is 10.1. The molecule has 138 valence electrons. The SMILES string of the molecule is Cc1ccc(NC(=O)c2ccc(COc3ccc(C)c(C)c3)cc2)c(C)c1. The number of amides is 1. The van der Waals surface area contributed by atoms with E-state index in [0.29, 0.717) is 12.2 Å². The summed E-state index contributed by atoms with van der Waals surface area (Å²) in [7, 11) is 0. The van der Waals surface area contributed by atoms with E-state index in [-0.39, 0.29) is 5.91 Å². The van der Waals surface area contributed by atoms with Crippen molar-refractivity contribution in [1.29, 1.82) is 0 Å². The molecule has 1 amide bonds. The molecule has 0 atom stereocenters. The van der Waals surface area contributed by atoms with E-state index in [1.54, 1.807) is 0 Å². The molecule has 0 aromatic heterocycles. The van der Waals surface area contributed by atoms with Crippen molar-refractivity contribution in [2.75, 3.05) is 5.32 Å². The molecule has 0 unspecified atom stereocenters. The summed E-state index contributed by atoms with van der Waals surface area (Å²) in [6, 6.07) is 19.6. The van der Waals surface area contributed by atoms with Gasteiger partial charge in [0.1, 0.15) is 12.4 Å². The zero-order valence-electron chi connectivity index (χ0n) is 16.3. The van der Waals surface area contributed by atoms with E-state index in [0.717, 1.165) is 22.6 Å². The summed E-state index contributed by atoms with van der Waals surface area (Å²) in [5.74, 6) is 0.748. The lowest BCUT2D eigenvalue weighted by Gasteiger charge is -2.11. The molecule has 0 heterocycles. The van der Waals surface area contributed by atoms with Crippen molar-refractivity contribution in [2.45, 2.75) is 34.3 Å². The fraction of sp³-hybridized carbons (Fsp3) is 0.208. The Hall–Kier alpha value is -3.07. The van der Waals surface area contributed by atoms with Gasteiger partial charge in [-0.2, -0.15) is 0 Å². The lowest BCUT2D eigenvalue weighted by Crippen LogP contribution is -2.12. The summed E-state index contributed by atoms with van der Waals surface area (Å²) in [6.45, 7) is 8.67.